The summed E-state index contributed by atoms with van der Waals surface area (Å²) >= 11 is 0. The Morgan fingerprint density at radius 2 is 1.89 bits per heavy atom. The van der Waals surface area contributed by atoms with Crippen molar-refractivity contribution in [3.05, 3.63) is 0 Å². The third-order valence-electron chi connectivity index (χ3n) is 3.05. The van der Waals surface area contributed by atoms with E-state index in [-0.39, 0.29) is 25.4 Å². The number of amides is 1. The summed E-state index contributed by atoms with van der Waals surface area (Å²) in [5.74, 6) is -1.52. The van der Waals surface area contributed by atoms with E-state index in [1.54, 1.807) is 0 Å². The normalized spacial score (nSPS) is 25.5. The summed E-state index contributed by atoms with van der Waals surface area (Å²) in [5, 5.41) is 18.4. The van der Waals surface area contributed by atoms with Gasteiger partial charge in [-0.3, -0.25) is 4.79 Å². The van der Waals surface area contributed by atoms with Gasteiger partial charge in [0.25, 0.3) is 0 Å². The Hall–Kier alpha value is -0.850. The van der Waals surface area contributed by atoms with Crippen LogP contribution in [0, 0.1) is 5.41 Å². The number of hydrogen-bond donors (Lipinski definition) is 3. The molecule has 3 atom stereocenters. The summed E-state index contributed by atoms with van der Waals surface area (Å²) in [4.78, 5) is 24.2. The molecule has 2 unspecified atom stereocenters. The quantitative estimate of drug-likeness (QED) is 0.651. The smallest absolute Gasteiger partial charge is 0.326 e. The molecule has 0 saturated carbocycles. The van der Waals surface area contributed by atoms with Crippen molar-refractivity contribution in [3.8, 4) is 0 Å². The average Bonchev–Trinajstić information content (AvgIpc) is 2.56. The van der Waals surface area contributed by atoms with Crippen molar-refractivity contribution >= 4 is 24.3 Å². The van der Waals surface area contributed by atoms with Gasteiger partial charge >= 0.3 is 5.97 Å². The molecule has 1 fully saturated rings. The number of nitrogens with two attached hydrogens (primary N) is 1. The molecule has 0 spiro atoms. The zero-order valence-corrected chi connectivity index (χ0v) is 11.6. The standard InChI is InChI=1S/C11H20N2O4.ClH/c1-11(2,3)8(12)9(15)13-5-6(14)4-7(13)10(16)17;/h6-8,14H,4-5,12H2,1-3H3,(H,16,17);1H/t6?,7?,8-;/m1./s1. The highest BCUT2D eigenvalue weighted by Crippen LogP contribution is 2.24. The van der Waals surface area contributed by atoms with Gasteiger partial charge in [0.05, 0.1) is 12.1 Å². The number of hydrogen-bond acceptors (Lipinski definition) is 4. The average molecular weight is 281 g/mol. The lowest BCUT2D eigenvalue weighted by Crippen LogP contribution is -2.53. The SMILES string of the molecule is CC(C)(C)[C@H](N)C(=O)N1CC(O)CC1C(=O)O.Cl. The van der Waals surface area contributed by atoms with E-state index < -0.39 is 35.5 Å². The summed E-state index contributed by atoms with van der Waals surface area (Å²) in [7, 11) is 0. The van der Waals surface area contributed by atoms with Crippen LogP contribution >= 0.6 is 12.4 Å². The maximum atomic E-state index is 12.1. The molecule has 0 aromatic rings. The van der Waals surface area contributed by atoms with E-state index in [1.165, 1.54) is 4.90 Å². The van der Waals surface area contributed by atoms with E-state index in [0.717, 1.165) is 0 Å². The lowest BCUT2D eigenvalue weighted by molar-refractivity contribution is -0.149. The summed E-state index contributed by atoms with van der Waals surface area (Å²) in [6.45, 7) is 5.49. The number of halogens is 1. The van der Waals surface area contributed by atoms with Crippen LogP contribution in [0.2, 0.25) is 0 Å². The number of β-amino-alcohol motifs (C(OH)–C–C–N with tert-alkyl or cyclic N) is 1. The first-order valence-corrected chi connectivity index (χ1v) is 5.61. The molecular formula is C11H21ClN2O4. The molecule has 0 aliphatic carbocycles. The molecule has 4 N–H and O–H groups in total. The molecule has 1 aliphatic heterocycles. The highest BCUT2D eigenvalue weighted by Gasteiger charge is 2.42. The number of aliphatic hydroxyl groups is 1. The van der Waals surface area contributed by atoms with E-state index in [4.69, 9.17) is 10.8 Å². The Labute approximate surface area is 113 Å². The van der Waals surface area contributed by atoms with Gasteiger partial charge in [-0.25, -0.2) is 4.79 Å². The highest BCUT2D eigenvalue weighted by atomic mass is 35.5. The number of carboxylic acid groups (broad SMARTS) is 1. The van der Waals surface area contributed by atoms with E-state index >= 15 is 0 Å². The van der Waals surface area contributed by atoms with Crippen molar-refractivity contribution in [1.29, 1.82) is 0 Å². The van der Waals surface area contributed by atoms with Gasteiger partial charge in [-0.1, -0.05) is 20.8 Å². The van der Waals surface area contributed by atoms with Crippen LogP contribution in [0.15, 0.2) is 0 Å². The first-order chi connectivity index (χ1) is 7.64. The van der Waals surface area contributed by atoms with E-state index in [1.807, 2.05) is 20.8 Å². The Morgan fingerprint density at radius 1 is 1.39 bits per heavy atom. The van der Waals surface area contributed by atoms with Gasteiger partial charge in [0.1, 0.15) is 6.04 Å². The predicted octanol–water partition coefficient (Wildman–Crippen LogP) is -0.172. The largest absolute Gasteiger partial charge is 0.480 e. The number of carboxylic acids is 1. The van der Waals surface area contributed by atoms with Crippen LogP contribution in [0.5, 0.6) is 0 Å². The fraction of sp³-hybridized carbons (Fsp3) is 0.818. The second-order valence-corrected chi connectivity index (χ2v) is 5.58. The lowest BCUT2D eigenvalue weighted by Gasteiger charge is -2.31. The summed E-state index contributed by atoms with van der Waals surface area (Å²) in [6, 6.07) is -1.74. The van der Waals surface area contributed by atoms with Gasteiger partial charge < -0.3 is 20.8 Å². The Balaban J connectivity index is 0.00000289. The van der Waals surface area contributed by atoms with Gasteiger partial charge in [0.15, 0.2) is 0 Å². The zero-order valence-electron chi connectivity index (χ0n) is 10.8. The van der Waals surface area contributed by atoms with Crippen LogP contribution in [0.4, 0.5) is 0 Å². The van der Waals surface area contributed by atoms with E-state index in [9.17, 15) is 14.7 Å². The van der Waals surface area contributed by atoms with Crippen LogP contribution in [0.3, 0.4) is 0 Å². The van der Waals surface area contributed by atoms with Crippen molar-refractivity contribution in [2.45, 2.75) is 45.4 Å². The van der Waals surface area contributed by atoms with Crippen molar-refractivity contribution in [3.63, 3.8) is 0 Å². The molecule has 0 aromatic heterocycles. The second kappa shape index (κ2) is 5.86. The molecule has 7 heteroatoms. The number of likely N-dealkylation sites (tertiary alicyclic amines) is 1. The minimum Gasteiger partial charge on any atom is -0.480 e. The number of aliphatic carboxylic acids is 1. The Bertz CT molecular complexity index is 329. The number of carbonyl (C=O) groups is 2. The molecule has 6 nitrogen and oxygen atoms in total. The van der Waals surface area contributed by atoms with Crippen LogP contribution in [-0.2, 0) is 9.59 Å². The first-order valence-electron chi connectivity index (χ1n) is 5.61. The van der Waals surface area contributed by atoms with Crippen LogP contribution < -0.4 is 5.73 Å². The van der Waals surface area contributed by atoms with Gasteiger partial charge in [-0.15, -0.1) is 12.4 Å². The minimum atomic E-state index is -1.10. The topological polar surface area (TPSA) is 104 Å². The molecule has 106 valence electrons. The van der Waals surface area contributed by atoms with Crippen molar-refractivity contribution in [2.24, 2.45) is 11.1 Å². The Morgan fingerprint density at radius 3 is 2.28 bits per heavy atom. The molecule has 1 rings (SSSR count). The molecule has 1 amide bonds. The molecule has 1 aliphatic rings. The van der Waals surface area contributed by atoms with Crippen molar-refractivity contribution < 1.29 is 19.8 Å². The molecule has 1 heterocycles. The van der Waals surface area contributed by atoms with Crippen LogP contribution in [0.25, 0.3) is 0 Å². The summed E-state index contributed by atoms with van der Waals surface area (Å²) < 4.78 is 0. The predicted molar refractivity (Wildman–Crippen MR) is 68.4 cm³/mol. The number of aliphatic hydroxyl groups excluding tert-OH is 1. The molecule has 18 heavy (non-hydrogen) atoms. The van der Waals surface area contributed by atoms with Crippen LogP contribution in [-0.4, -0.2) is 51.7 Å². The van der Waals surface area contributed by atoms with Crippen molar-refractivity contribution in [2.75, 3.05) is 6.54 Å². The molecule has 0 bridgehead atoms. The van der Waals surface area contributed by atoms with E-state index in [0.29, 0.717) is 0 Å². The van der Waals surface area contributed by atoms with Gasteiger partial charge in [0, 0.05) is 13.0 Å². The summed E-state index contributed by atoms with van der Waals surface area (Å²) in [5.41, 5.74) is 5.38. The van der Waals surface area contributed by atoms with Gasteiger partial charge in [-0.05, 0) is 5.41 Å². The molecule has 0 aromatic carbocycles. The summed E-state index contributed by atoms with van der Waals surface area (Å²) in [6.07, 6.45) is -0.718. The monoisotopic (exact) mass is 280 g/mol. The fourth-order valence-corrected chi connectivity index (χ4v) is 1.84. The maximum absolute atomic E-state index is 12.1. The number of rotatable bonds is 2. The minimum absolute atomic E-state index is 0. The number of carbonyl (C=O) groups excluding carboxylic acids is 1. The van der Waals surface area contributed by atoms with Gasteiger partial charge in [-0.2, -0.15) is 0 Å². The van der Waals surface area contributed by atoms with E-state index in [2.05, 4.69) is 0 Å². The zero-order chi connectivity index (χ0) is 13.4. The lowest BCUT2D eigenvalue weighted by atomic mass is 9.86. The fourth-order valence-electron chi connectivity index (χ4n) is 1.84. The van der Waals surface area contributed by atoms with Crippen LogP contribution in [0.1, 0.15) is 27.2 Å². The Kier molecular flexibility index (Phi) is 5.58. The molecule has 0 radical (unpaired) electrons. The maximum Gasteiger partial charge on any atom is 0.326 e. The molecule has 1 saturated heterocycles. The van der Waals surface area contributed by atoms with Gasteiger partial charge in [0.2, 0.25) is 5.91 Å². The van der Waals surface area contributed by atoms with Crippen molar-refractivity contribution in [1.82, 2.24) is 4.90 Å². The number of nitrogens with zero attached hydrogens (tertiary/aromatic N) is 1. The first kappa shape index (κ1) is 17.2. The third-order valence-corrected chi connectivity index (χ3v) is 3.05. The highest BCUT2D eigenvalue weighted by molar-refractivity contribution is 5.88. The molecular weight excluding hydrogens is 260 g/mol. The third kappa shape index (κ3) is 3.57. The second-order valence-electron chi connectivity index (χ2n) is 5.58.